The van der Waals surface area contributed by atoms with Crippen LogP contribution in [0.2, 0.25) is 0 Å². The molecular formula is C8H2O7. The normalized spacial score (nSPS) is 11.7. The third-order valence-electron chi connectivity index (χ3n) is 2.01. The zero-order chi connectivity index (χ0) is 10.7. The predicted molar refractivity (Wildman–Crippen MR) is 44.0 cm³/mol. The van der Waals surface area contributed by atoms with E-state index in [4.69, 9.17) is 19.0 Å². The standard InChI is InChI=1S/C8H2O7/c9-7(10)1-2-4(13-2)6-5(14-6)3(1)15-8(11)12/h(H,9,10)(H,11,12). The number of carboxylic acids is 1. The fraction of sp³-hybridized carbons (Fsp3) is 0. The topological polar surface area (TPSA) is 110 Å². The molecule has 7 nitrogen and oxygen atoms in total. The highest BCUT2D eigenvalue weighted by Gasteiger charge is 2.36. The minimum absolute atomic E-state index is 0.106. The number of carboxylic acid groups (broad SMARTS) is 2. The molecular weight excluding hydrogens is 208 g/mol. The molecule has 0 radical (unpaired) electrons. The van der Waals surface area contributed by atoms with Gasteiger partial charge in [-0.2, -0.15) is 0 Å². The van der Waals surface area contributed by atoms with Gasteiger partial charge in [-0.3, -0.25) is 0 Å². The summed E-state index contributed by atoms with van der Waals surface area (Å²) >= 11 is 0. The van der Waals surface area contributed by atoms with Crippen LogP contribution in [0.3, 0.4) is 0 Å². The van der Waals surface area contributed by atoms with Crippen LogP contribution in [0, 0.1) is 0 Å². The summed E-state index contributed by atoms with van der Waals surface area (Å²) in [4.78, 5) is 21.2. The van der Waals surface area contributed by atoms with Gasteiger partial charge < -0.3 is 23.8 Å². The molecule has 0 atom stereocenters. The van der Waals surface area contributed by atoms with Crippen LogP contribution in [0.25, 0.3) is 22.3 Å². The van der Waals surface area contributed by atoms with Crippen molar-refractivity contribution < 1.29 is 33.4 Å². The van der Waals surface area contributed by atoms with Crippen molar-refractivity contribution in [2.45, 2.75) is 0 Å². The Balaban J connectivity index is 2.25. The highest BCUT2D eigenvalue weighted by molar-refractivity contribution is 6.19. The maximum Gasteiger partial charge on any atom is 0.511 e. The molecule has 0 aliphatic rings. The van der Waals surface area contributed by atoms with Crippen LogP contribution in [0.15, 0.2) is 8.83 Å². The number of rotatable bonds is 2. The monoisotopic (exact) mass is 210 g/mol. The number of hydrogen-bond acceptors (Lipinski definition) is 5. The zero-order valence-electron chi connectivity index (χ0n) is 6.94. The number of benzene rings is 1. The molecule has 15 heavy (non-hydrogen) atoms. The first kappa shape index (κ1) is 7.92. The van der Waals surface area contributed by atoms with Crippen molar-refractivity contribution in [2.24, 2.45) is 0 Å². The maximum atomic E-state index is 10.8. The second kappa shape index (κ2) is 2.14. The lowest BCUT2D eigenvalue weighted by atomic mass is 10.2. The Kier molecular flexibility index (Phi) is 1.13. The maximum absolute atomic E-state index is 10.8. The summed E-state index contributed by atoms with van der Waals surface area (Å²) in [6.45, 7) is 0. The van der Waals surface area contributed by atoms with Gasteiger partial charge in [0.25, 0.3) is 0 Å². The molecule has 0 aliphatic carbocycles. The molecule has 0 aliphatic heterocycles. The molecule has 2 aromatic heterocycles. The summed E-state index contributed by atoms with van der Waals surface area (Å²) in [7, 11) is 0. The van der Waals surface area contributed by atoms with Crippen molar-refractivity contribution in [2.75, 3.05) is 0 Å². The van der Waals surface area contributed by atoms with Gasteiger partial charge >= 0.3 is 12.1 Å². The molecule has 0 amide bonds. The third-order valence-corrected chi connectivity index (χ3v) is 2.01. The van der Waals surface area contributed by atoms with E-state index in [1.54, 1.807) is 0 Å². The molecule has 0 saturated heterocycles. The van der Waals surface area contributed by atoms with Crippen molar-refractivity contribution in [3.8, 4) is 5.75 Å². The van der Waals surface area contributed by atoms with Gasteiger partial charge in [0.05, 0.1) is 0 Å². The molecule has 0 spiro atoms. The largest absolute Gasteiger partial charge is 0.511 e. The van der Waals surface area contributed by atoms with Gasteiger partial charge in [0.1, 0.15) is 0 Å². The molecule has 0 bridgehead atoms. The molecule has 76 valence electrons. The van der Waals surface area contributed by atoms with Crippen LogP contribution in [-0.4, -0.2) is 22.3 Å². The van der Waals surface area contributed by atoms with Gasteiger partial charge in [0, 0.05) is 0 Å². The quantitative estimate of drug-likeness (QED) is 0.490. The number of hydrogen-bond donors (Lipinski definition) is 2. The van der Waals surface area contributed by atoms with E-state index in [-0.39, 0.29) is 22.5 Å². The molecule has 2 heterocycles. The van der Waals surface area contributed by atoms with Crippen molar-refractivity contribution in [3.63, 3.8) is 0 Å². The highest BCUT2D eigenvalue weighted by atomic mass is 16.7. The van der Waals surface area contributed by atoms with E-state index in [0.29, 0.717) is 11.2 Å². The van der Waals surface area contributed by atoms with Gasteiger partial charge in [-0.15, -0.1) is 0 Å². The first-order chi connectivity index (χ1) is 7.09. The summed E-state index contributed by atoms with van der Waals surface area (Å²) in [5, 5.41) is 17.2. The van der Waals surface area contributed by atoms with E-state index in [1.165, 1.54) is 0 Å². The summed E-state index contributed by atoms with van der Waals surface area (Å²) in [5.74, 6) is -1.64. The minimum Gasteiger partial charge on any atom is -0.477 e. The number of ether oxygens (including phenoxy) is 1. The second-order valence-electron chi connectivity index (χ2n) is 2.90. The van der Waals surface area contributed by atoms with E-state index in [2.05, 4.69) is 4.74 Å². The van der Waals surface area contributed by atoms with E-state index < -0.39 is 12.1 Å². The van der Waals surface area contributed by atoms with Gasteiger partial charge in [0.2, 0.25) is 16.7 Å². The molecule has 0 unspecified atom stereocenters. The minimum atomic E-state index is -1.60. The van der Waals surface area contributed by atoms with Crippen molar-refractivity contribution in [1.29, 1.82) is 0 Å². The Bertz CT molecular complexity index is 657. The smallest absolute Gasteiger partial charge is 0.477 e. The lowest BCUT2D eigenvalue weighted by molar-refractivity contribution is 0.0695. The Hall–Kier alpha value is -2.44. The van der Waals surface area contributed by atoms with E-state index >= 15 is 0 Å². The Morgan fingerprint density at radius 3 is 2.20 bits per heavy atom. The van der Waals surface area contributed by atoms with Gasteiger partial charge in [-0.1, -0.05) is 0 Å². The van der Waals surface area contributed by atoms with E-state index in [1.807, 2.05) is 0 Å². The predicted octanol–water partition coefficient (Wildman–Crippen LogP) is 1.81. The van der Waals surface area contributed by atoms with Crippen molar-refractivity contribution >= 4 is 34.5 Å². The molecule has 3 rings (SSSR count). The third kappa shape index (κ3) is 0.938. The lowest BCUT2D eigenvalue weighted by Crippen LogP contribution is -2.07. The van der Waals surface area contributed by atoms with Crippen LogP contribution in [-0.2, 0) is 0 Å². The summed E-state index contributed by atoms with van der Waals surface area (Å²) in [6.07, 6.45) is -1.60. The van der Waals surface area contributed by atoms with Crippen LogP contribution in [0.1, 0.15) is 10.4 Å². The Morgan fingerprint density at radius 2 is 1.60 bits per heavy atom. The molecule has 1 aromatic carbocycles. The number of fused-ring (bicyclic) bond motifs is 3. The summed E-state index contributed by atoms with van der Waals surface area (Å²) < 4.78 is 14.1. The van der Waals surface area contributed by atoms with E-state index in [0.717, 1.165) is 0 Å². The van der Waals surface area contributed by atoms with Crippen LogP contribution in [0.5, 0.6) is 5.75 Å². The van der Waals surface area contributed by atoms with Gasteiger partial charge in [-0.05, 0) is 0 Å². The Morgan fingerprint density at radius 1 is 1.00 bits per heavy atom. The van der Waals surface area contributed by atoms with Crippen LogP contribution in [0.4, 0.5) is 4.79 Å². The molecule has 0 saturated carbocycles. The molecule has 7 heteroatoms. The van der Waals surface area contributed by atoms with Crippen molar-refractivity contribution in [1.82, 2.24) is 0 Å². The fourth-order valence-electron chi connectivity index (χ4n) is 1.36. The first-order valence-electron chi connectivity index (χ1n) is 3.83. The molecule has 2 N–H and O–H groups in total. The van der Waals surface area contributed by atoms with Gasteiger partial charge in [0.15, 0.2) is 16.9 Å². The first-order valence-corrected chi connectivity index (χ1v) is 3.83. The number of carbonyl (C=O) groups is 2. The lowest BCUT2D eigenvalue weighted by Gasteiger charge is -1.97. The van der Waals surface area contributed by atoms with Crippen LogP contribution < -0.4 is 4.74 Å². The molecule has 0 fully saturated rings. The average molecular weight is 210 g/mol. The van der Waals surface area contributed by atoms with Gasteiger partial charge in [-0.25, -0.2) is 9.59 Å². The summed E-state index contributed by atoms with van der Waals surface area (Å²) in [6, 6.07) is 0. The Labute approximate surface area is 80.1 Å². The average Bonchev–Trinajstić information content (AvgIpc) is 2.95. The zero-order valence-corrected chi connectivity index (χ0v) is 6.94. The summed E-state index contributed by atoms with van der Waals surface area (Å²) in [5.41, 5.74) is 0.607. The van der Waals surface area contributed by atoms with Crippen molar-refractivity contribution in [3.05, 3.63) is 5.56 Å². The van der Waals surface area contributed by atoms with E-state index in [9.17, 15) is 9.59 Å². The SMILES string of the molecule is O=C(O)Oc1c(C(=O)O)c2oc2c2oc12. The number of aromatic carboxylic acids is 1. The highest BCUT2D eigenvalue weighted by Crippen LogP contribution is 2.48. The van der Waals surface area contributed by atoms with Crippen LogP contribution >= 0.6 is 0 Å². The molecule has 3 aromatic rings. The fourth-order valence-corrected chi connectivity index (χ4v) is 1.36. The second-order valence-corrected chi connectivity index (χ2v) is 2.90.